The van der Waals surface area contributed by atoms with Crippen LogP contribution in [0.4, 0.5) is 9.93 Å². The Morgan fingerprint density at radius 2 is 2.18 bits per heavy atom. The van der Waals surface area contributed by atoms with E-state index in [-0.39, 0.29) is 34.9 Å². The van der Waals surface area contributed by atoms with Gasteiger partial charge in [-0.05, 0) is 25.5 Å². The summed E-state index contributed by atoms with van der Waals surface area (Å²) in [5.41, 5.74) is 5.30. The first-order chi connectivity index (χ1) is 16.1. The van der Waals surface area contributed by atoms with E-state index in [9.17, 15) is 29.5 Å². The summed E-state index contributed by atoms with van der Waals surface area (Å²) < 4.78 is 4.97. The lowest BCUT2D eigenvalue weighted by Gasteiger charge is -2.49. The SMILES string of the molecule is CC(C)NC(=O)OC/C=C\C1=C(C(=O)O)N2C(=O)[C@@H](NC(=O)/C(=N/O)c3csc(N)n3)[C@H]2SC1. The van der Waals surface area contributed by atoms with Crippen molar-refractivity contribution in [3.8, 4) is 0 Å². The fraction of sp³-hybridized carbons (Fsp3) is 0.368. The van der Waals surface area contributed by atoms with Crippen molar-refractivity contribution in [3.63, 3.8) is 0 Å². The van der Waals surface area contributed by atoms with Crippen molar-refractivity contribution in [2.75, 3.05) is 18.1 Å². The number of nitrogens with one attached hydrogen (secondary N) is 2. The Morgan fingerprint density at radius 1 is 1.44 bits per heavy atom. The van der Waals surface area contributed by atoms with Crippen LogP contribution in [0.25, 0.3) is 0 Å². The predicted molar refractivity (Wildman–Crippen MR) is 123 cm³/mol. The van der Waals surface area contributed by atoms with Crippen LogP contribution in [0.1, 0.15) is 19.5 Å². The molecular formula is C19H22N6O7S2. The summed E-state index contributed by atoms with van der Waals surface area (Å²) in [5.74, 6) is -2.55. The average molecular weight is 511 g/mol. The number of hydrogen-bond donors (Lipinski definition) is 5. The van der Waals surface area contributed by atoms with Crippen LogP contribution >= 0.6 is 23.1 Å². The van der Waals surface area contributed by atoms with Crippen LogP contribution < -0.4 is 16.4 Å². The number of alkyl carbamates (subject to hydrolysis) is 1. The second-order valence-corrected chi connectivity index (χ2v) is 9.35. The van der Waals surface area contributed by atoms with E-state index in [1.54, 1.807) is 13.8 Å². The van der Waals surface area contributed by atoms with E-state index in [0.717, 1.165) is 16.2 Å². The minimum atomic E-state index is -1.31. The summed E-state index contributed by atoms with van der Waals surface area (Å²) in [6, 6.07) is -1.11. The van der Waals surface area contributed by atoms with Gasteiger partial charge in [0.25, 0.3) is 11.8 Å². The first-order valence-corrected chi connectivity index (χ1v) is 11.8. The number of nitrogens with two attached hydrogens (primary N) is 1. The van der Waals surface area contributed by atoms with Crippen LogP contribution in [0.5, 0.6) is 0 Å². The van der Waals surface area contributed by atoms with Crippen molar-refractivity contribution in [3.05, 3.63) is 34.5 Å². The fourth-order valence-electron chi connectivity index (χ4n) is 3.18. The van der Waals surface area contributed by atoms with Gasteiger partial charge in [0.2, 0.25) is 0 Å². The largest absolute Gasteiger partial charge is 0.477 e. The number of amides is 3. The molecule has 0 radical (unpaired) electrons. The van der Waals surface area contributed by atoms with E-state index in [1.165, 1.54) is 29.3 Å². The molecule has 6 N–H and O–H groups in total. The number of thiazole rings is 1. The number of aliphatic carboxylic acids is 1. The topological polar surface area (TPSA) is 197 Å². The third-order valence-electron chi connectivity index (χ3n) is 4.60. The van der Waals surface area contributed by atoms with Gasteiger partial charge in [-0.2, -0.15) is 0 Å². The molecule has 1 aromatic heterocycles. The highest BCUT2D eigenvalue weighted by Crippen LogP contribution is 2.40. The highest BCUT2D eigenvalue weighted by atomic mass is 32.2. The number of nitrogens with zero attached hydrogens (tertiary/aromatic N) is 3. The number of aromatic nitrogens is 1. The van der Waals surface area contributed by atoms with E-state index >= 15 is 0 Å². The summed E-state index contributed by atoms with van der Waals surface area (Å²) in [6.45, 7) is 3.48. The molecule has 0 unspecified atom stereocenters. The maximum Gasteiger partial charge on any atom is 0.407 e. The highest BCUT2D eigenvalue weighted by Gasteiger charge is 2.54. The molecule has 2 aliphatic heterocycles. The number of nitrogen functional groups attached to an aromatic ring is 1. The first kappa shape index (κ1) is 25.0. The maximum atomic E-state index is 12.7. The van der Waals surface area contributed by atoms with E-state index in [4.69, 9.17) is 10.5 Å². The van der Waals surface area contributed by atoms with Crippen LogP contribution in [-0.4, -0.2) is 79.6 Å². The number of fused-ring (bicyclic) bond motifs is 1. The lowest BCUT2D eigenvalue weighted by molar-refractivity contribution is -0.150. The lowest BCUT2D eigenvalue weighted by atomic mass is 10.0. The summed E-state index contributed by atoms with van der Waals surface area (Å²) in [7, 11) is 0. The Balaban J connectivity index is 1.68. The number of thioether (sulfide) groups is 1. The van der Waals surface area contributed by atoms with Gasteiger partial charge in [0.05, 0.1) is 0 Å². The Morgan fingerprint density at radius 3 is 2.76 bits per heavy atom. The van der Waals surface area contributed by atoms with Crippen molar-refractivity contribution in [2.24, 2.45) is 5.16 Å². The molecule has 0 spiro atoms. The third kappa shape index (κ3) is 5.31. The molecule has 0 bridgehead atoms. The van der Waals surface area contributed by atoms with Crippen molar-refractivity contribution in [1.82, 2.24) is 20.5 Å². The number of carboxylic acid groups (broad SMARTS) is 1. The zero-order valence-electron chi connectivity index (χ0n) is 18.0. The number of ether oxygens (including phenoxy) is 1. The van der Waals surface area contributed by atoms with Crippen molar-refractivity contribution in [2.45, 2.75) is 31.3 Å². The third-order valence-corrected chi connectivity index (χ3v) is 6.58. The number of anilines is 1. The number of hydrogen-bond acceptors (Lipinski definition) is 11. The van der Waals surface area contributed by atoms with Crippen molar-refractivity contribution in [1.29, 1.82) is 0 Å². The van der Waals surface area contributed by atoms with E-state index in [0.29, 0.717) is 5.57 Å². The van der Waals surface area contributed by atoms with Crippen LogP contribution in [0.15, 0.2) is 34.0 Å². The molecule has 15 heteroatoms. The number of carbonyl (C=O) groups is 4. The summed E-state index contributed by atoms with van der Waals surface area (Å²) in [6.07, 6.45) is 2.36. The number of carboxylic acids is 1. The molecule has 2 aliphatic rings. The monoisotopic (exact) mass is 510 g/mol. The quantitative estimate of drug-likeness (QED) is 0.141. The van der Waals surface area contributed by atoms with Gasteiger partial charge < -0.3 is 31.4 Å². The molecule has 3 rings (SSSR count). The standard InChI is InChI=1S/C19H22N6O7S2/c1-8(2)21-19(30)32-5-3-4-9-6-33-16-12(15(27)25(16)13(9)17(28)29)23-14(26)11(24-31)10-7-34-18(20)22-10/h3-4,7-8,12,16,31H,5-6H2,1-2H3,(H2,20,22)(H,21,30)(H,23,26)(H,28,29)/b4-3-,24-11+/t12-,16-/m1/s1. The van der Waals surface area contributed by atoms with Gasteiger partial charge in [0.1, 0.15) is 29.4 Å². The average Bonchev–Trinajstić information content (AvgIpc) is 3.20. The molecule has 34 heavy (non-hydrogen) atoms. The molecule has 3 amide bonds. The van der Waals surface area contributed by atoms with Crippen LogP contribution in [0.2, 0.25) is 0 Å². The molecule has 1 saturated heterocycles. The van der Waals surface area contributed by atoms with E-state index < -0.39 is 41.0 Å². The number of rotatable bonds is 8. The van der Waals surface area contributed by atoms with E-state index in [2.05, 4.69) is 20.8 Å². The summed E-state index contributed by atoms with van der Waals surface area (Å²) in [4.78, 5) is 53.6. The van der Waals surface area contributed by atoms with Gasteiger partial charge in [0.15, 0.2) is 10.8 Å². The predicted octanol–water partition coefficient (Wildman–Crippen LogP) is 0.333. The van der Waals surface area contributed by atoms with Gasteiger partial charge >= 0.3 is 12.1 Å². The summed E-state index contributed by atoms with van der Waals surface area (Å²) in [5, 5.41) is 27.8. The minimum absolute atomic E-state index is 0.0465. The molecular weight excluding hydrogens is 488 g/mol. The molecule has 0 aliphatic carbocycles. The lowest BCUT2D eigenvalue weighted by Crippen LogP contribution is -2.71. The Labute approximate surface area is 201 Å². The van der Waals surface area contributed by atoms with Crippen molar-refractivity contribution < 1.29 is 34.2 Å². The second kappa shape index (κ2) is 10.6. The van der Waals surface area contributed by atoms with Gasteiger partial charge in [-0.25, -0.2) is 14.6 Å². The molecule has 0 saturated carbocycles. The van der Waals surface area contributed by atoms with Gasteiger partial charge in [-0.15, -0.1) is 23.1 Å². The zero-order valence-corrected chi connectivity index (χ0v) is 19.7. The number of allylic oxidation sites excluding steroid dienone is 1. The molecule has 13 nitrogen and oxygen atoms in total. The number of β-lactam (4-membered cyclic amide) rings is 1. The minimum Gasteiger partial charge on any atom is -0.477 e. The normalized spacial score (nSPS) is 20.3. The molecule has 3 heterocycles. The molecule has 2 atom stereocenters. The van der Waals surface area contributed by atoms with E-state index in [1.807, 2.05) is 0 Å². The molecule has 0 aromatic carbocycles. The highest BCUT2D eigenvalue weighted by molar-refractivity contribution is 8.00. The molecule has 1 aromatic rings. The smallest absolute Gasteiger partial charge is 0.407 e. The summed E-state index contributed by atoms with van der Waals surface area (Å²) >= 11 is 2.30. The second-order valence-electron chi connectivity index (χ2n) is 7.36. The van der Waals surface area contributed by atoms with Crippen LogP contribution in [0, 0.1) is 0 Å². The zero-order chi connectivity index (χ0) is 25.0. The first-order valence-electron chi connectivity index (χ1n) is 9.89. The van der Waals surface area contributed by atoms with Gasteiger partial charge in [0, 0.05) is 17.2 Å². The Hall–Kier alpha value is -3.59. The van der Waals surface area contributed by atoms with Crippen molar-refractivity contribution >= 4 is 57.8 Å². The maximum absolute atomic E-state index is 12.7. The Bertz CT molecular complexity index is 1100. The van der Waals surface area contributed by atoms with Gasteiger partial charge in [-0.3, -0.25) is 14.5 Å². The van der Waals surface area contributed by atoms with Crippen LogP contribution in [0.3, 0.4) is 0 Å². The Kier molecular flexibility index (Phi) is 7.78. The van der Waals surface area contributed by atoms with Gasteiger partial charge in [-0.1, -0.05) is 11.2 Å². The fourth-order valence-corrected chi connectivity index (χ4v) is 5.05. The molecule has 1 fully saturated rings. The number of oxime groups is 1. The van der Waals surface area contributed by atoms with Crippen LogP contribution in [-0.2, 0) is 19.1 Å². The number of carbonyl (C=O) groups excluding carboxylic acids is 3. The molecule has 182 valence electrons.